The SMILES string of the molecule is CCO[Si](OCC)(OCC)c1ccc2c3cccc4cccc(c5cccc1c52)c43. The summed E-state index contributed by atoms with van der Waals surface area (Å²) in [6, 6.07) is 24.1. The normalized spacial score (nSPS) is 12.6. The van der Waals surface area contributed by atoms with E-state index in [0.29, 0.717) is 19.8 Å². The molecule has 0 aliphatic carbocycles. The van der Waals surface area contributed by atoms with Crippen molar-refractivity contribution in [2.24, 2.45) is 0 Å². The Balaban J connectivity index is 1.94. The van der Waals surface area contributed by atoms with Gasteiger partial charge in [-0.3, -0.25) is 0 Å². The zero-order valence-corrected chi connectivity index (χ0v) is 18.7. The van der Waals surface area contributed by atoms with Crippen molar-refractivity contribution in [3.05, 3.63) is 66.7 Å². The molecule has 3 nitrogen and oxygen atoms in total. The molecule has 0 bridgehead atoms. The highest BCUT2D eigenvalue weighted by atomic mass is 28.4. The second-order valence-electron chi connectivity index (χ2n) is 7.45. The van der Waals surface area contributed by atoms with Gasteiger partial charge < -0.3 is 13.3 Å². The van der Waals surface area contributed by atoms with Crippen LogP contribution in [0.4, 0.5) is 0 Å². The molecule has 5 rings (SSSR count). The summed E-state index contributed by atoms with van der Waals surface area (Å²) in [7, 11) is -3.02. The molecule has 0 heterocycles. The molecule has 152 valence electrons. The molecule has 5 aromatic rings. The average Bonchev–Trinajstić information content (AvgIpc) is 2.77. The zero-order valence-electron chi connectivity index (χ0n) is 17.7. The Bertz CT molecular complexity index is 1280. The van der Waals surface area contributed by atoms with Gasteiger partial charge in [0.05, 0.1) is 0 Å². The first-order valence-corrected chi connectivity index (χ1v) is 12.5. The van der Waals surface area contributed by atoms with Crippen molar-refractivity contribution in [1.82, 2.24) is 0 Å². The Morgan fingerprint density at radius 3 is 1.57 bits per heavy atom. The molecular formula is C26H26O3Si. The van der Waals surface area contributed by atoms with Crippen LogP contribution in [-0.2, 0) is 13.3 Å². The minimum absolute atomic E-state index is 0.553. The highest BCUT2D eigenvalue weighted by Gasteiger charge is 2.44. The summed E-state index contributed by atoms with van der Waals surface area (Å²) in [4.78, 5) is 0. The lowest BCUT2D eigenvalue weighted by molar-refractivity contribution is 0.0862. The van der Waals surface area contributed by atoms with Gasteiger partial charge in [0.15, 0.2) is 0 Å². The van der Waals surface area contributed by atoms with Crippen molar-refractivity contribution in [2.45, 2.75) is 20.8 Å². The lowest BCUT2D eigenvalue weighted by Gasteiger charge is -2.30. The molecule has 0 aliphatic heterocycles. The van der Waals surface area contributed by atoms with Crippen LogP contribution >= 0.6 is 0 Å². The van der Waals surface area contributed by atoms with Crippen LogP contribution in [0, 0.1) is 0 Å². The molecule has 0 aliphatic rings. The fraction of sp³-hybridized carbons (Fsp3) is 0.231. The van der Waals surface area contributed by atoms with Gasteiger partial charge in [-0.05, 0) is 63.9 Å². The van der Waals surface area contributed by atoms with E-state index in [2.05, 4.69) is 66.7 Å². The molecule has 0 saturated heterocycles. The smallest absolute Gasteiger partial charge is 0.370 e. The highest BCUT2D eigenvalue weighted by molar-refractivity contribution is 6.78. The van der Waals surface area contributed by atoms with Crippen molar-refractivity contribution in [2.75, 3.05) is 19.8 Å². The fourth-order valence-corrected chi connectivity index (χ4v) is 7.52. The van der Waals surface area contributed by atoms with Gasteiger partial charge in [-0.1, -0.05) is 66.7 Å². The molecule has 0 unspecified atom stereocenters. The zero-order chi connectivity index (χ0) is 20.7. The molecule has 0 fully saturated rings. The average molecular weight is 415 g/mol. The predicted molar refractivity (Wildman–Crippen MR) is 128 cm³/mol. The van der Waals surface area contributed by atoms with Crippen molar-refractivity contribution in [3.8, 4) is 0 Å². The second-order valence-corrected chi connectivity index (χ2v) is 9.97. The molecule has 5 aromatic carbocycles. The van der Waals surface area contributed by atoms with Gasteiger partial charge in [-0.2, -0.15) is 0 Å². The summed E-state index contributed by atoms with van der Waals surface area (Å²) in [6.45, 7) is 7.66. The van der Waals surface area contributed by atoms with Gasteiger partial charge in [-0.15, -0.1) is 0 Å². The maximum absolute atomic E-state index is 6.26. The fourth-order valence-electron chi connectivity index (χ4n) is 4.84. The van der Waals surface area contributed by atoms with Gasteiger partial charge in [0.2, 0.25) is 0 Å². The van der Waals surface area contributed by atoms with Crippen molar-refractivity contribution in [3.63, 3.8) is 0 Å². The van der Waals surface area contributed by atoms with E-state index in [9.17, 15) is 0 Å². The van der Waals surface area contributed by atoms with Gasteiger partial charge in [-0.25, -0.2) is 0 Å². The molecule has 0 amide bonds. The van der Waals surface area contributed by atoms with Crippen LogP contribution < -0.4 is 5.19 Å². The predicted octanol–water partition coefficient (Wildman–Crippen LogP) is 5.99. The first-order valence-electron chi connectivity index (χ1n) is 10.7. The van der Waals surface area contributed by atoms with E-state index in [0.717, 1.165) is 5.19 Å². The van der Waals surface area contributed by atoms with Gasteiger partial charge in [0.25, 0.3) is 0 Å². The van der Waals surface area contributed by atoms with Crippen LogP contribution in [0.25, 0.3) is 43.1 Å². The van der Waals surface area contributed by atoms with E-state index in [4.69, 9.17) is 13.3 Å². The van der Waals surface area contributed by atoms with Crippen LogP contribution in [0.1, 0.15) is 20.8 Å². The minimum atomic E-state index is -3.02. The third-order valence-electron chi connectivity index (χ3n) is 5.86. The molecule has 0 saturated carbocycles. The third kappa shape index (κ3) is 2.76. The van der Waals surface area contributed by atoms with Crippen molar-refractivity contribution < 1.29 is 13.3 Å². The van der Waals surface area contributed by atoms with E-state index < -0.39 is 8.80 Å². The number of hydrogen-bond donors (Lipinski definition) is 0. The number of hydrogen-bond acceptors (Lipinski definition) is 3. The van der Waals surface area contributed by atoms with E-state index in [1.165, 1.54) is 43.1 Å². The van der Waals surface area contributed by atoms with E-state index >= 15 is 0 Å². The number of fused-ring (bicyclic) bond motifs is 2. The van der Waals surface area contributed by atoms with Crippen LogP contribution in [-0.4, -0.2) is 28.6 Å². The maximum atomic E-state index is 6.26. The molecule has 0 spiro atoms. The van der Waals surface area contributed by atoms with E-state index in [-0.39, 0.29) is 0 Å². The first-order chi connectivity index (χ1) is 14.7. The number of benzene rings is 5. The van der Waals surface area contributed by atoms with Gasteiger partial charge in [0.1, 0.15) is 0 Å². The number of rotatable bonds is 7. The second kappa shape index (κ2) is 7.64. The molecule has 0 N–H and O–H groups in total. The van der Waals surface area contributed by atoms with Crippen molar-refractivity contribution >= 4 is 57.1 Å². The quantitative estimate of drug-likeness (QED) is 0.186. The maximum Gasteiger partial charge on any atom is 0.537 e. The topological polar surface area (TPSA) is 27.7 Å². The minimum Gasteiger partial charge on any atom is -0.370 e. The third-order valence-corrected chi connectivity index (χ3v) is 8.96. The largest absolute Gasteiger partial charge is 0.537 e. The van der Waals surface area contributed by atoms with E-state index in [1.807, 2.05) is 20.8 Å². The molecule has 0 aromatic heterocycles. The summed E-state index contributed by atoms with van der Waals surface area (Å²) in [5.74, 6) is 0. The lowest BCUT2D eigenvalue weighted by Crippen LogP contribution is -2.57. The first kappa shape index (κ1) is 19.5. The summed E-state index contributed by atoms with van der Waals surface area (Å²) in [6.07, 6.45) is 0. The molecular weight excluding hydrogens is 388 g/mol. The lowest BCUT2D eigenvalue weighted by atomic mass is 9.90. The molecule has 0 atom stereocenters. The van der Waals surface area contributed by atoms with Crippen molar-refractivity contribution in [1.29, 1.82) is 0 Å². The molecule has 30 heavy (non-hydrogen) atoms. The highest BCUT2D eigenvalue weighted by Crippen LogP contribution is 2.40. The molecule has 0 radical (unpaired) electrons. The Hall–Kier alpha value is -2.50. The summed E-state index contributed by atoms with van der Waals surface area (Å²) >= 11 is 0. The Morgan fingerprint density at radius 1 is 0.533 bits per heavy atom. The Morgan fingerprint density at radius 2 is 1.00 bits per heavy atom. The Kier molecular flexibility index (Phi) is 4.95. The van der Waals surface area contributed by atoms with Gasteiger partial charge >= 0.3 is 8.80 Å². The van der Waals surface area contributed by atoms with Crippen LogP contribution in [0.2, 0.25) is 0 Å². The van der Waals surface area contributed by atoms with Crippen LogP contribution in [0.15, 0.2) is 66.7 Å². The van der Waals surface area contributed by atoms with Crippen LogP contribution in [0.5, 0.6) is 0 Å². The Labute approximate surface area is 177 Å². The summed E-state index contributed by atoms with van der Waals surface area (Å²) in [5.41, 5.74) is 0. The molecule has 4 heteroatoms. The van der Waals surface area contributed by atoms with Gasteiger partial charge in [0, 0.05) is 25.0 Å². The van der Waals surface area contributed by atoms with E-state index in [1.54, 1.807) is 0 Å². The standard InChI is InChI=1S/C26H26O3Si/c1-4-27-30(28-5-2,29-6-3)24-17-16-22-20-13-8-11-18-10-7-12-19(25(18)20)21-14-9-15-23(24)26(21)22/h7-17H,4-6H2,1-3H3. The van der Waals surface area contributed by atoms with Crippen LogP contribution in [0.3, 0.4) is 0 Å². The summed E-state index contributed by atoms with van der Waals surface area (Å²) in [5, 5.41) is 11.2. The summed E-state index contributed by atoms with van der Waals surface area (Å²) < 4.78 is 18.8. The monoisotopic (exact) mass is 414 g/mol.